The van der Waals surface area contributed by atoms with E-state index in [0.717, 1.165) is 23.6 Å². The molecule has 0 atom stereocenters. The van der Waals surface area contributed by atoms with E-state index in [-0.39, 0.29) is 5.41 Å². The van der Waals surface area contributed by atoms with Crippen LogP contribution >= 0.6 is 0 Å². The molecule has 21 heavy (non-hydrogen) atoms. The van der Waals surface area contributed by atoms with Crippen LogP contribution in [0.3, 0.4) is 0 Å². The highest BCUT2D eigenvalue weighted by atomic mass is 15.1. The first-order valence-corrected chi connectivity index (χ1v) is 7.35. The Labute approximate surface area is 127 Å². The van der Waals surface area contributed by atoms with E-state index in [1.54, 1.807) is 0 Å². The lowest BCUT2D eigenvalue weighted by Gasteiger charge is -2.19. The zero-order chi connectivity index (χ0) is 15.5. The van der Waals surface area contributed by atoms with Gasteiger partial charge in [-0.1, -0.05) is 32.9 Å². The van der Waals surface area contributed by atoms with Gasteiger partial charge < -0.3 is 10.6 Å². The van der Waals surface area contributed by atoms with Gasteiger partial charge in [0, 0.05) is 24.0 Å². The van der Waals surface area contributed by atoms with E-state index in [2.05, 4.69) is 65.6 Å². The average molecular weight is 284 g/mol. The summed E-state index contributed by atoms with van der Waals surface area (Å²) in [5.74, 6) is 1.49. The van der Waals surface area contributed by atoms with Gasteiger partial charge in [-0.2, -0.15) is 4.98 Å². The fraction of sp³-hybridized carbons (Fsp3) is 0.412. The van der Waals surface area contributed by atoms with Gasteiger partial charge in [-0.25, -0.2) is 4.98 Å². The van der Waals surface area contributed by atoms with Crippen LogP contribution in [0, 0.1) is 6.92 Å². The first kappa shape index (κ1) is 15.3. The fourth-order valence-corrected chi connectivity index (χ4v) is 2.00. The second-order valence-electron chi connectivity index (χ2n) is 6.21. The summed E-state index contributed by atoms with van der Waals surface area (Å²) >= 11 is 0. The predicted octanol–water partition coefficient (Wildman–Crippen LogP) is 4.26. The maximum absolute atomic E-state index is 4.50. The maximum atomic E-state index is 4.50. The topological polar surface area (TPSA) is 49.8 Å². The second kappa shape index (κ2) is 6.12. The quantitative estimate of drug-likeness (QED) is 0.881. The molecule has 0 fully saturated rings. The number of aryl methyl sites for hydroxylation is 1. The molecular weight excluding hydrogens is 260 g/mol. The Morgan fingerprint density at radius 3 is 2.33 bits per heavy atom. The molecule has 2 aromatic rings. The minimum absolute atomic E-state index is 0.168. The molecule has 4 nitrogen and oxygen atoms in total. The van der Waals surface area contributed by atoms with E-state index < -0.39 is 0 Å². The minimum atomic E-state index is 0.168. The van der Waals surface area contributed by atoms with Crippen molar-refractivity contribution in [2.45, 2.75) is 40.0 Å². The van der Waals surface area contributed by atoms with Gasteiger partial charge in [0.05, 0.1) is 0 Å². The van der Waals surface area contributed by atoms with Crippen LogP contribution in [0.5, 0.6) is 0 Å². The molecule has 112 valence electrons. The molecule has 0 bridgehead atoms. The Balaban J connectivity index is 2.20. The minimum Gasteiger partial charge on any atom is -0.354 e. The molecule has 2 N–H and O–H groups in total. The molecule has 0 aliphatic heterocycles. The number of nitrogens with zero attached hydrogens (tertiary/aromatic N) is 2. The number of hydrogen-bond acceptors (Lipinski definition) is 4. The highest BCUT2D eigenvalue weighted by molar-refractivity contribution is 5.60. The van der Waals surface area contributed by atoms with Crippen LogP contribution in [0.25, 0.3) is 0 Å². The Kier molecular flexibility index (Phi) is 4.46. The first-order chi connectivity index (χ1) is 9.90. The van der Waals surface area contributed by atoms with Gasteiger partial charge in [-0.3, -0.25) is 0 Å². The lowest BCUT2D eigenvalue weighted by Crippen LogP contribution is -2.10. The molecule has 2 rings (SSSR count). The van der Waals surface area contributed by atoms with Crippen LogP contribution in [0.15, 0.2) is 30.5 Å². The standard InChI is InChI=1S/C17H24N4/c1-6-18-16-19-11-12(2)15(21-16)20-14-9-7-13(8-10-14)17(3,4)5/h7-11H,6H2,1-5H3,(H2,18,19,20,21). The van der Waals surface area contributed by atoms with Crippen LogP contribution in [-0.2, 0) is 5.41 Å². The third kappa shape index (κ3) is 3.94. The number of aromatic nitrogens is 2. The Morgan fingerprint density at radius 1 is 1.10 bits per heavy atom. The molecule has 0 aliphatic rings. The molecule has 0 aliphatic carbocycles. The number of rotatable bonds is 4. The van der Waals surface area contributed by atoms with Crippen LogP contribution in [-0.4, -0.2) is 16.5 Å². The third-order valence-corrected chi connectivity index (χ3v) is 3.32. The van der Waals surface area contributed by atoms with Gasteiger partial charge in [0.2, 0.25) is 5.95 Å². The first-order valence-electron chi connectivity index (χ1n) is 7.35. The molecule has 0 saturated carbocycles. The zero-order valence-corrected chi connectivity index (χ0v) is 13.5. The Morgan fingerprint density at radius 2 is 1.76 bits per heavy atom. The monoisotopic (exact) mass is 284 g/mol. The molecule has 1 aromatic heterocycles. The molecule has 1 aromatic carbocycles. The van der Waals surface area contributed by atoms with Crippen molar-refractivity contribution in [1.82, 2.24) is 9.97 Å². The predicted molar refractivity (Wildman–Crippen MR) is 89.4 cm³/mol. The lowest BCUT2D eigenvalue weighted by atomic mass is 9.87. The maximum Gasteiger partial charge on any atom is 0.224 e. The van der Waals surface area contributed by atoms with Crippen molar-refractivity contribution >= 4 is 17.5 Å². The molecule has 1 heterocycles. The van der Waals surface area contributed by atoms with E-state index in [4.69, 9.17) is 0 Å². The van der Waals surface area contributed by atoms with E-state index in [1.807, 2.05) is 20.0 Å². The molecular formula is C17H24N4. The molecule has 0 amide bonds. The van der Waals surface area contributed by atoms with Gasteiger partial charge in [-0.05, 0) is 37.0 Å². The summed E-state index contributed by atoms with van der Waals surface area (Å²) in [4.78, 5) is 8.75. The summed E-state index contributed by atoms with van der Waals surface area (Å²) in [6.07, 6.45) is 1.83. The van der Waals surface area contributed by atoms with Gasteiger partial charge in [0.15, 0.2) is 0 Å². The molecule has 0 spiro atoms. The van der Waals surface area contributed by atoms with Crippen molar-refractivity contribution in [3.8, 4) is 0 Å². The number of anilines is 3. The number of hydrogen-bond donors (Lipinski definition) is 2. The second-order valence-corrected chi connectivity index (χ2v) is 6.21. The molecule has 0 saturated heterocycles. The van der Waals surface area contributed by atoms with Crippen LogP contribution in [0.4, 0.5) is 17.5 Å². The van der Waals surface area contributed by atoms with Gasteiger partial charge in [0.1, 0.15) is 5.82 Å². The van der Waals surface area contributed by atoms with Gasteiger partial charge in [-0.15, -0.1) is 0 Å². The summed E-state index contributed by atoms with van der Waals surface area (Å²) in [5, 5.41) is 6.49. The summed E-state index contributed by atoms with van der Waals surface area (Å²) in [5.41, 5.74) is 3.55. The highest BCUT2D eigenvalue weighted by Gasteiger charge is 2.13. The van der Waals surface area contributed by atoms with Crippen molar-refractivity contribution < 1.29 is 0 Å². The van der Waals surface area contributed by atoms with Crippen LogP contribution in [0.1, 0.15) is 38.8 Å². The van der Waals surface area contributed by atoms with E-state index in [1.165, 1.54) is 5.56 Å². The smallest absolute Gasteiger partial charge is 0.224 e. The van der Waals surface area contributed by atoms with Crippen molar-refractivity contribution in [1.29, 1.82) is 0 Å². The average Bonchev–Trinajstić information content (AvgIpc) is 2.42. The summed E-state index contributed by atoms with van der Waals surface area (Å²) in [6.45, 7) is 11.5. The van der Waals surface area contributed by atoms with Crippen LogP contribution in [0.2, 0.25) is 0 Å². The zero-order valence-electron chi connectivity index (χ0n) is 13.5. The largest absolute Gasteiger partial charge is 0.354 e. The normalized spacial score (nSPS) is 11.3. The SMILES string of the molecule is CCNc1ncc(C)c(Nc2ccc(C(C)(C)C)cc2)n1. The van der Waals surface area contributed by atoms with Crippen molar-refractivity contribution in [2.75, 3.05) is 17.2 Å². The molecule has 4 heteroatoms. The molecule has 0 radical (unpaired) electrons. The van der Waals surface area contributed by atoms with Gasteiger partial charge in [0.25, 0.3) is 0 Å². The van der Waals surface area contributed by atoms with Crippen molar-refractivity contribution in [3.05, 3.63) is 41.6 Å². The van der Waals surface area contributed by atoms with Gasteiger partial charge >= 0.3 is 0 Å². The van der Waals surface area contributed by atoms with Crippen LogP contribution < -0.4 is 10.6 Å². The van der Waals surface area contributed by atoms with E-state index in [0.29, 0.717) is 5.95 Å². The summed E-state index contributed by atoms with van der Waals surface area (Å²) < 4.78 is 0. The fourth-order valence-electron chi connectivity index (χ4n) is 2.00. The lowest BCUT2D eigenvalue weighted by molar-refractivity contribution is 0.590. The Bertz CT molecular complexity index is 597. The summed E-state index contributed by atoms with van der Waals surface area (Å²) in [7, 11) is 0. The van der Waals surface area contributed by atoms with Crippen molar-refractivity contribution in [3.63, 3.8) is 0 Å². The van der Waals surface area contributed by atoms with E-state index >= 15 is 0 Å². The highest BCUT2D eigenvalue weighted by Crippen LogP contribution is 2.25. The van der Waals surface area contributed by atoms with Crippen molar-refractivity contribution in [2.24, 2.45) is 0 Å². The number of benzene rings is 1. The Hall–Kier alpha value is -2.10. The molecule has 0 unspecified atom stereocenters. The summed E-state index contributed by atoms with van der Waals surface area (Å²) in [6, 6.07) is 8.50. The number of nitrogens with one attached hydrogen (secondary N) is 2. The third-order valence-electron chi connectivity index (χ3n) is 3.32. The van der Waals surface area contributed by atoms with E-state index in [9.17, 15) is 0 Å².